The van der Waals surface area contributed by atoms with Crippen molar-refractivity contribution in [1.29, 1.82) is 0 Å². The summed E-state index contributed by atoms with van der Waals surface area (Å²) in [6.45, 7) is 5.51. The molecular formula is C15H25N3S. The number of hydrogen-bond donors (Lipinski definition) is 1. The summed E-state index contributed by atoms with van der Waals surface area (Å²) in [6, 6.07) is 0.409. The molecule has 0 bridgehead atoms. The molecule has 3 rings (SSSR count). The molecule has 19 heavy (non-hydrogen) atoms. The third-order valence-corrected chi connectivity index (χ3v) is 5.88. The highest BCUT2D eigenvalue weighted by Gasteiger charge is 2.53. The molecule has 0 spiro atoms. The quantitative estimate of drug-likeness (QED) is 0.858. The maximum atomic E-state index is 4.51. The average Bonchev–Trinajstić information content (AvgIpc) is 2.99. The van der Waals surface area contributed by atoms with E-state index in [4.69, 9.17) is 0 Å². The zero-order valence-electron chi connectivity index (χ0n) is 12.1. The van der Waals surface area contributed by atoms with Crippen LogP contribution in [0.3, 0.4) is 0 Å². The fourth-order valence-electron chi connectivity index (χ4n) is 3.61. The Labute approximate surface area is 120 Å². The summed E-state index contributed by atoms with van der Waals surface area (Å²) in [5, 5.41) is 15.1. The zero-order chi connectivity index (χ0) is 13.2. The van der Waals surface area contributed by atoms with Crippen LogP contribution in [-0.4, -0.2) is 16.7 Å². The van der Waals surface area contributed by atoms with E-state index in [2.05, 4.69) is 29.4 Å². The molecule has 106 valence electrons. The Morgan fingerprint density at radius 2 is 1.95 bits per heavy atom. The van der Waals surface area contributed by atoms with Crippen LogP contribution in [0.2, 0.25) is 0 Å². The predicted molar refractivity (Wildman–Crippen MR) is 79.4 cm³/mol. The second-order valence-corrected chi connectivity index (χ2v) is 7.07. The number of nitrogens with one attached hydrogen (secondary N) is 1. The summed E-state index contributed by atoms with van der Waals surface area (Å²) in [5.41, 5.74) is 0. The van der Waals surface area contributed by atoms with E-state index in [-0.39, 0.29) is 0 Å². The minimum Gasteiger partial charge on any atom is -0.308 e. The van der Waals surface area contributed by atoms with Gasteiger partial charge in [-0.15, -0.1) is 10.2 Å². The molecule has 2 aliphatic rings. The first-order valence-corrected chi connectivity index (χ1v) is 8.73. The lowest BCUT2D eigenvalue weighted by Gasteiger charge is -2.12. The number of rotatable bonds is 6. The van der Waals surface area contributed by atoms with Gasteiger partial charge in [0.1, 0.15) is 10.0 Å². The molecule has 3 unspecified atom stereocenters. The van der Waals surface area contributed by atoms with Crippen molar-refractivity contribution in [2.24, 2.45) is 11.8 Å². The van der Waals surface area contributed by atoms with Crippen LogP contribution in [0, 0.1) is 11.8 Å². The molecule has 1 heterocycles. The Morgan fingerprint density at radius 1 is 1.21 bits per heavy atom. The van der Waals surface area contributed by atoms with Crippen molar-refractivity contribution in [2.45, 2.75) is 64.3 Å². The van der Waals surface area contributed by atoms with Gasteiger partial charge in [-0.3, -0.25) is 0 Å². The van der Waals surface area contributed by atoms with Crippen molar-refractivity contribution in [2.75, 3.05) is 6.54 Å². The monoisotopic (exact) mass is 279 g/mol. The summed E-state index contributed by atoms with van der Waals surface area (Å²) >= 11 is 1.87. The largest absolute Gasteiger partial charge is 0.308 e. The van der Waals surface area contributed by atoms with Gasteiger partial charge in [0.05, 0.1) is 6.04 Å². The molecule has 2 saturated carbocycles. The fraction of sp³-hybridized carbons (Fsp3) is 0.867. The van der Waals surface area contributed by atoms with Gasteiger partial charge in [-0.1, -0.05) is 38.0 Å². The highest BCUT2D eigenvalue weighted by molar-refractivity contribution is 7.11. The van der Waals surface area contributed by atoms with Crippen molar-refractivity contribution < 1.29 is 0 Å². The average molecular weight is 279 g/mol. The van der Waals surface area contributed by atoms with Crippen LogP contribution in [-0.2, 0) is 0 Å². The van der Waals surface area contributed by atoms with Gasteiger partial charge in [0.15, 0.2) is 0 Å². The first-order chi connectivity index (χ1) is 9.35. The zero-order valence-corrected chi connectivity index (χ0v) is 12.9. The summed E-state index contributed by atoms with van der Waals surface area (Å²) in [4.78, 5) is 0. The van der Waals surface area contributed by atoms with Gasteiger partial charge in [0, 0.05) is 5.92 Å². The molecule has 2 fully saturated rings. The van der Waals surface area contributed by atoms with Crippen molar-refractivity contribution in [1.82, 2.24) is 15.5 Å². The molecule has 3 nitrogen and oxygen atoms in total. The topological polar surface area (TPSA) is 37.8 Å². The molecule has 1 aromatic rings. The van der Waals surface area contributed by atoms with Crippen molar-refractivity contribution in [3.05, 3.63) is 10.0 Å². The van der Waals surface area contributed by atoms with Crippen molar-refractivity contribution in [3.63, 3.8) is 0 Å². The van der Waals surface area contributed by atoms with Gasteiger partial charge in [-0.05, 0) is 44.1 Å². The molecule has 0 radical (unpaired) electrons. The Kier molecular flexibility index (Phi) is 4.18. The van der Waals surface area contributed by atoms with E-state index in [0.717, 1.165) is 30.7 Å². The molecule has 1 aromatic heterocycles. The number of hydrogen-bond acceptors (Lipinski definition) is 4. The third kappa shape index (κ3) is 2.70. The Bertz CT molecular complexity index is 405. The van der Waals surface area contributed by atoms with Gasteiger partial charge in [-0.25, -0.2) is 0 Å². The normalized spacial score (nSPS) is 30.9. The Morgan fingerprint density at radius 3 is 2.58 bits per heavy atom. The molecule has 0 aliphatic heterocycles. The van der Waals surface area contributed by atoms with Crippen LogP contribution in [0.5, 0.6) is 0 Å². The predicted octanol–water partition coefficient (Wildman–Crippen LogP) is 3.89. The molecule has 1 N–H and O–H groups in total. The van der Waals surface area contributed by atoms with E-state index in [9.17, 15) is 0 Å². The van der Waals surface area contributed by atoms with Crippen LogP contribution in [0.25, 0.3) is 0 Å². The summed E-state index contributed by atoms with van der Waals surface area (Å²) in [5.74, 6) is 2.65. The van der Waals surface area contributed by atoms with E-state index >= 15 is 0 Å². The standard InChI is InChI=1S/C15H25N3S/c1-3-9-16-12(4-2)14-17-18-15(19-14)13-10-7-5-6-8-11(10)13/h10-13,16H,3-9H2,1-2H3. The highest BCUT2D eigenvalue weighted by atomic mass is 32.1. The fourth-order valence-corrected chi connectivity index (χ4v) is 4.86. The van der Waals surface area contributed by atoms with Crippen LogP contribution < -0.4 is 5.32 Å². The first kappa shape index (κ1) is 13.5. The summed E-state index contributed by atoms with van der Waals surface area (Å²) in [7, 11) is 0. The van der Waals surface area contributed by atoms with E-state index in [1.165, 1.54) is 42.1 Å². The molecule has 0 aromatic carbocycles. The number of aromatic nitrogens is 2. The molecular weight excluding hydrogens is 254 g/mol. The van der Waals surface area contributed by atoms with Crippen LogP contribution in [0.1, 0.15) is 74.3 Å². The minimum atomic E-state index is 0.409. The molecule has 2 aliphatic carbocycles. The van der Waals surface area contributed by atoms with Crippen LogP contribution in [0.15, 0.2) is 0 Å². The maximum Gasteiger partial charge on any atom is 0.134 e. The van der Waals surface area contributed by atoms with Crippen LogP contribution in [0.4, 0.5) is 0 Å². The molecule has 0 saturated heterocycles. The van der Waals surface area contributed by atoms with E-state index in [1.54, 1.807) is 0 Å². The van der Waals surface area contributed by atoms with Gasteiger partial charge >= 0.3 is 0 Å². The second-order valence-electron chi connectivity index (χ2n) is 6.03. The highest BCUT2D eigenvalue weighted by Crippen LogP contribution is 2.61. The van der Waals surface area contributed by atoms with E-state index < -0.39 is 0 Å². The van der Waals surface area contributed by atoms with E-state index in [0.29, 0.717) is 6.04 Å². The lowest BCUT2D eigenvalue weighted by Crippen LogP contribution is -2.21. The van der Waals surface area contributed by atoms with Crippen molar-refractivity contribution >= 4 is 11.3 Å². The smallest absolute Gasteiger partial charge is 0.134 e. The number of nitrogens with zero attached hydrogens (tertiary/aromatic N) is 2. The molecule has 0 amide bonds. The van der Waals surface area contributed by atoms with Crippen molar-refractivity contribution in [3.8, 4) is 0 Å². The SMILES string of the molecule is CCCNC(CC)c1nnc(C2C3CCCCC32)s1. The molecule has 3 atom stereocenters. The molecule has 4 heteroatoms. The maximum absolute atomic E-state index is 4.51. The first-order valence-electron chi connectivity index (χ1n) is 7.91. The summed E-state index contributed by atoms with van der Waals surface area (Å²) < 4.78 is 0. The number of fused-ring (bicyclic) bond motifs is 1. The van der Waals surface area contributed by atoms with Gasteiger partial charge in [0.2, 0.25) is 0 Å². The lowest BCUT2D eigenvalue weighted by atomic mass is 10.0. The Balaban J connectivity index is 1.65. The summed E-state index contributed by atoms with van der Waals surface area (Å²) in [6.07, 6.45) is 7.99. The lowest BCUT2D eigenvalue weighted by molar-refractivity contribution is 0.480. The van der Waals surface area contributed by atoms with Gasteiger partial charge in [0.25, 0.3) is 0 Å². The van der Waals surface area contributed by atoms with Gasteiger partial charge < -0.3 is 5.32 Å². The van der Waals surface area contributed by atoms with E-state index in [1.807, 2.05) is 11.3 Å². The second kappa shape index (κ2) is 5.88. The Hall–Kier alpha value is -0.480. The minimum absolute atomic E-state index is 0.409. The third-order valence-electron chi connectivity index (χ3n) is 4.75. The van der Waals surface area contributed by atoms with Crippen LogP contribution >= 0.6 is 11.3 Å². The van der Waals surface area contributed by atoms with Gasteiger partial charge in [-0.2, -0.15) is 0 Å².